The molecule has 1 N–H and O–H groups in total. The molecule has 0 unspecified atom stereocenters. The number of hydrogen-bond donors (Lipinski definition) is 1. The van der Waals surface area contributed by atoms with Gasteiger partial charge in [0.15, 0.2) is 0 Å². The number of rotatable bonds is 6. The molecule has 0 radical (unpaired) electrons. The average Bonchev–Trinajstić information content (AvgIpc) is 3.17. The number of benzene rings is 2. The number of fused-ring (bicyclic) bond motifs is 1. The number of para-hydroxylation sites is 1. The number of aromatic nitrogens is 1. The smallest absolute Gasteiger partial charge is 0.233 e. The highest BCUT2D eigenvalue weighted by atomic mass is 32.1. The Morgan fingerprint density at radius 3 is 2.45 bits per heavy atom. The zero-order valence-electron chi connectivity index (χ0n) is 16.4. The lowest BCUT2D eigenvalue weighted by Gasteiger charge is -2.26. The Morgan fingerprint density at radius 2 is 1.76 bits per heavy atom. The van der Waals surface area contributed by atoms with E-state index in [4.69, 9.17) is 4.98 Å². The molecule has 1 atom stereocenters. The largest absolute Gasteiger partial charge is 0.347 e. The minimum Gasteiger partial charge on any atom is -0.347 e. The second-order valence-electron chi connectivity index (χ2n) is 8.01. The Balaban J connectivity index is 0.00000205. The molecule has 152 valence electrons. The molecule has 1 aliphatic carbocycles. The molecule has 2 fully saturated rings. The fourth-order valence-corrected chi connectivity index (χ4v) is 5.39. The zero-order chi connectivity index (χ0) is 19.0. The van der Waals surface area contributed by atoms with E-state index in [1.54, 1.807) is 11.3 Å². The Labute approximate surface area is 182 Å². The van der Waals surface area contributed by atoms with Gasteiger partial charge in [0.2, 0.25) is 5.91 Å². The van der Waals surface area contributed by atoms with Crippen LogP contribution < -0.4 is 5.32 Å². The molecule has 1 aromatic heterocycles. The van der Waals surface area contributed by atoms with E-state index in [1.165, 1.54) is 18.4 Å². The summed E-state index contributed by atoms with van der Waals surface area (Å²) in [5, 5.41) is 4.36. The highest BCUT2D eigenvalue weighted by Gasteiger charge is 2.54. The third kappa shape index (κ3) is 4.06. The Kier molecular flexibility index (Phi) is 5.95. The van der Waals surface area contributed by atoms with Gasteiger partial charge in [-0.25, -0.2) is 4.98 Å². The lowest BCUT2D eigenvalue weighted by atomic mass is 10.0. The summed E-state index contributed by atoms with van der Waals surface area (Å²) in [6.07, 6.45) is 4.30. The number of amides is 1. The van der Waals surface area contributed by atoms with Gasteiger partial charge in [-0.05, 0) is 56.5 Å². The molecule has 1 aliphatic heterocycles. The molecule has 1 saturated heterocycles. The van der Waals surface area contributed by atoms with E-state index in [2.05, 4.69) is 40.5 Å². The number of carbonyl (C=O) groups excluding carboxylic acids is 1. The number of likely N-dealkylation sites (tertiary alicyclic amines) is 1. The van der Waals surface area contributed by atoms with Crippen LogP contribution in [0.5, 0.6) is 0 Å². The van der Waals surface area contributed by atoms with E-state index >= 15 is 0 Å². The van der Waals surface area contributed by atoms with Gasteiger partial charge < -0.3 is 10.2 Å². The predicted octanol–water partition coefficient (Wildman–Crippen LogP) is 4.39. The van der Waals surface area contributed by atoms with Gasteiger partial charge in [-0.1, -0.05) is 42.5 Å². The van der Waals surface area contributed by atoms with Crippen LogP contribution in [0.3, 0.4) is 0 Å². The summed E-state index contributed by atoms with van der Waals surface area (Å²) in [6, 6.07) is 18.6. The fraction of sp³-hybridized carbons (Fsp3) is 0.391. The average molecular weight is 426 g/mol. The van der Waals surface area contributed by atoms with Crippen molar-refractivity contribution in [1.82, 2.24) is 15.2 Å². The number of nitrogens with zero attached hydrogens (tertiary/aromatic N) is 2. The molecule has 3 aromatic rings. The maximum absolute atomic E-state index is 13.4. The van der Waals surface area contributed by atoms with Gasteiger partial charge in [0, 0.05) is 6.54 Å². The molecule has 0 spiro atoms. The summed E-state index contributed by atoms with van der Waals surface area (Å²) in [7, 11) is 0. The van der Waals surface area contributed by atoms with E-state index in [0.717, 1.165) is 47.7 Å². The molecule has 29 heavy (non-hydrogen) atoms. The van der Waals surface area contributed by atoms with Crippen molar-refractivity contribution in [1.29, 1.82) is 0 Å². The van der Waals surface area contributed by atoms with E-state index < -0.39 is 5.41 Å². The standard InChI is InChI=1S/C23H25N3OS.H2S/c27-21(23(12-13-23)22-25-18-10-4-5-11-20(18)28-22)24-19(16-26-14-6-7-15-26)17-8-2-1-3-9-17;/h1-5,8-11,19H,6-7,12-16H2,(H,24,27);1H2/t19-;/m1./s1. The van der Waals surface area contributed by atoms with E-state index in [-0.39, 0.29) is 25.4 Å². The van der Waals surface area contributed by atoms with Crippen molar-refractivity contribution in [2.24, 2.45) is 0 Å². The van der Waals surface area contributed by atoms with Crippen molar-refractivity contribution in [3.63, 3.8) is 0 Å². The molecule has 2 aliphatic rings. The lowest BCUT2D eigenvalue weighted by molar-refractivity contribution is -0.124. The Hall–Kier alpha value is -1.89. The lowest BCUT2D eigenvalue weighted by Crippen LogP contribution is -2.41. The monoisotopic (exact) mass is 425 g/mol. The summed E-state index contributed by atoms with van der Waals surface area (Å²) in [5.74, 6) is 0.139. The van der Waals surface area contributed by atoms with Crippen molar-refractivity contribution < 1.29 is 4.79 Å². The first-order valence-corrected chi connectivity index (χ1v) is 11.0. The van der Waals surface area contributed by atoms with Gasteiger partial charge in [-0.15, -0.1) is 11.3 Å². The van der Waals surface area contributed by atoms with Crippen LogP contribution in [-0.4, -0.2) is 35.4 Å². The predicted molar refractivity (Wildman–Crippen MR) is 124 cm³/mol. The third-order valence-electron chi connectivity index (χ3n) is 6.03. The zero-order valence-corrected chi connectivity index (χ0v) is 18.3. The van der Waals surface area contributed by atoms with Crippen molar-refractivity contribution in [3.8, 4) is 0 Å². The second-order valence-corrected chi connectivity index (χ2v) is 9.04. The minimum atomic E-state index is -0.429. The number of carbonyl (C=O) groups is 1. The molecule has 2 aromatic carbocycles. The summed E-state index contributed by atoms with van der Waals surface area (Å²) in [4.78, 5) is 20.7. The molecule has 0 bridgehead atoms. The molecular formula is C23H27N3OS2. The number of hydrogen-bond acceptors (Lipinski definition) is 4. The van der Waals surface area contributed by atoms with Crippen LogP contribution >= 0.6 is 24.8 Å². The first kappa shape index (κ1) is 20.4. The molecule has 2 heterocycles. The minimum absolute atomic E-state index is 0. The van der Waals surface area contributed by atoms with Gasteiger partial charge in [-0.3, -0.25) is 4.79 Å². The van der Waals surface area contributed by atoms with Crippen molar-refractivity contribution in [3.05, 3.63) is 65.2 Å². The second kappa shape index (κ2) is 8.46. The molecular weight excluding hydrogens is 398 g/mol. The van der Waals surface area contributed by atoms with Gasteiger partial charge in [-0.2, -0.15) is 13.5 Å². The Bertz CT molecular complexity index is 945. The van der Waals surface area contributed by atoms with Crippen LogP contribution in [0.4, 0.5) is 0 Å². The van der Waals surface area contributed by atoms with Crippen LogP contribution in [0.15, 0.2) is 54.6 Å². The van der Waals surface area contributed by atoms with E-state index in [1.807, 2.05) is 24.3 Å². The number of nitrogens with one attached hydrogen (secondary N) is 1. The summed E-state index contributed by atoms with van der Waals surface area (Å²) in [6.45, 7) is 3.14. The van der Waals surface area contributed by atoms with Gasteiger partial charge in [0.1, 0.15) is 10.4 Å². The normalized spacial score (nSPS) is 18.9. The maximum Gasteiger partial charge on any atom is 0.233 e. The Morgan fingerprint density at radius 1 is 1.07 bits per heavy atom. The molecule has 4 nitrogen and oxygen atoms in total. The fourth-order valence-electron chi connectivity index (χ4n) is 4.18. The van der Waals surface area contributed by atoms with Crippen molar-refractivity contribution in [2.75, 3.05) is 19.6 Å². The summed E-state index contributed by atoms with van der Waals surface area (Å²) < 4.78 is 1.16. The molecule has 6 heteroatoms. The summed E-state index contributed by atoms with van der Waals surface area (Å²) in [5.41, 5.74) is 1.75. The highest BCUT2D eigenvalue weighted by Crippen LogP contribution is 2.50. The van der Waals surface area contributed by atoms with Crippen LogP contribution in [-0.2, 0) is 10.2 Å². The van der Waals surface area contributed by atoms with Crippen LogP contribution in [0.1, 0.15) is 42.3 Å². The summed E-state index contributed by atoms with van der Waals surface area (Å²) >= 11 is 1.67. The van der Waals surface area contributed by atoms with Crippen LogP contribution in [0.25, 0.3) is 10.2 Å². The quantitative estimate of drug-likeness (QED) is 0.637. The first-order valence-electron chi connectivity index (χ1n) is 10.2. The van der Waals surface area contributed by atoms with E-state index in [0.29, 0.717) is 0 Å². The van der Waals surface area contributed by atoms with E-state index in [9.17, 15) is 4.79 Å². The molecule has 1 amide bonds. The van der Waals surface area contributed by atoms with Crippen molar-refractivity contribution >= 4 is 41.0 Å². The molecule has 1 saturated carbocycles. The van der Waals surface area contributed by atoms with Crippen LogP contribution in [0, 0.1) is 0 Å². The van der Waals surface area contributed by atoms with Crippen molar-refractivity contribution in [2.45, 2.75) is 37.1 Å². The third-order valence-corrected chi connectivity index (χ3v) is 7.28. The first-order chi connectivity index (χ1) is 13.7. The molecule has 5 rings (SSSR count). The maximum atomic E-state index is 13.4. The highest BCUT2D eigenvalue weighted by molar-refractivity contribution is 7.59. The SMILES string of the molecule is O=C(N[C@H](CN1CCCC1)c1ccccc1)C1(c2nc3ccccc3s2)CC1.S. The van der Waals surface area contributed by atoms with Crippen LogP contribution in [0.2, 0.25) is 0 Å². The topological polar surface area (TPSA) is 45.2 Å². The van der Waals surface area contributed by atoms with Gasteiger partial charge in [0.25, 0.3) is 0 Å². The number of thiazole rings is 1. The van der Waals surface area contributed by atoms with Gasteiger partial charge in [0.05, 0.1) is 16.3 Å². The van der Waals surface area contributed by atoms with Gasteiger partial charge >= 0.3 is 0 Å².